The second-order valence-corrected chi connectivity index (χ2v) is 12.1. The maximum atomic E-state index is 3.84. The number of aromatic nitrogens is 4. The van der Waals surface area contributed by atoms with Crippen LogP contribution in [0.5, 0.6) is 0 Å². The van der Waals surface area contributed by atoms with E-state index in [-0.39, 0.29) is 17.1 Å². The minimum absolute atomic E-state index is 0. The van der Waals surface area contributed by atoms with E-state index in [1.807, 2.05) is 0 Å². The van der Waals surface area contributed by atoms with Crippen molar-refractivity contribution >= 4 is 22.3 Å². The monoisotopic (exact) mass is 671 g/mol. The standard InChI is InChI=1S/C44H32N4.Mn/c1-5-13-29(14-6-1)41-33-21-23-35(45-33)42(30-15-7-2-8-16-30)37-25-27-39(47-37)44(32-19-11-4-12-20-32)40-28-26-38(48-40)43(31-17-9-3-10-18-31)36-24-22-34(41)46-36;/h1-28,45-48H;. The zero-order chi connectivity index (χ0) is 31.9. The molecule has 1 aliphatic heterocycles. The molecule has 0 amide bonds. The fourth-order valence-corrected chi connectivity index (χ4v) is 6.99. The van der Waals surface area contributed by atoms with Crippen LogP contribution >= 0.6 is 0 Å². The summed E-state index contributed by atoms with van der Waals surface area (Å²) >= 11 is 0. The van der Waals surface area contributed by atoms with Gasteiger partial charge in [0.25, 0.3) is 0 Å². The third kappa shape index (κ3) is 5.55. The number of nitrogens with one attached hydrogen (secondary N) is 4. The molecule has 5 heterocycles. The molecular weight excluding hydrogens is 639 g/mol. The molecule has 1 aliphatic rings. The van der Waals surface area contributed by atoms with Crippen LogP contribution in [0.25, 0.3) is 22.3 Å². The Labute approximate surface area is 294 Å². The third-order valence-corrected chi connectivity index (χ3v) is 9.15. The van der Waals surface area contributed by atoms with E-state index in [9.17, 15) is 0 Å². The molecule has 4 aromatic heterocycles. The van der Waals surface area contributed by atoms with E-state index in [0.717, 1.165) is 88.7 Å². The third-order valence-electron chi connectivity index (χ3n) is 9.15. The van der Waals surface area contributed by atoms with E-state index in [4.69, 9.17) is 0 Å². The van der Waals surface area contributed by atoms with Crippen LogP contribution in [0.2, 0.25) is 0 Å². The van der Waals surface area contributed by atoms with Crippen molar-refractivity contribution in [3.63, 3.8) is 0 Å². The minimum Gasteiger partial charge on any atom is -0.354 e. The Balaban J connectivity index is 0.00000348. The first-order chi connectivity index (χ1) is 23.8. The van der Waals surface area contributed by atoms with Crippen molar-refractivity contribution in [2.45, 2.75) is 0 Å². The van der Waals surface area contributed by atoms with Gasteiger partial charge >= 0.3 is 0 Å². The number of hydrogen-bond donors (Lipinski definition) is 4. The second kappa shape index (κ2) is 12.9. The van der Waals surface area contributed by atoms with Crippen LogP contribution in [0.3, 0.4) is 0 Å². The molecule has 0 saturated carbocycles. The molecule has 4 N–H and O–H groups in total. The number of rotatable bonds is 4. The zero-order valence-electron chi connectivity index (χ0n) is 26.5. The van der Waals surface area contributed by atoms with Crippen molar-refractivity contribution in [3.05, 3.63) is 236 Å². The SMILES string of the molecule is [Mn].c1ccc(C2=c3ccc([nH]3)=C(c3ccccc3)c3ccc([nH]3)C(c3ccccc3)=c3ccc([nH]3)=C(c3ccccc3)c3ccc2[nH]3)cc1. The van der Waals surface area contributed by atoms with Crippen LogP contribution < -0.4 is 21.4 Å². The van der Waals surface area contributed by atoms with Crippen LogP contribution in [0, 0.1) is 0 Å². The van der Waals surface area contributed by atoms with Crippen LogP contribution in [-0.4, -0.2) is 19.9 Å². The number of aromatic amines is 4. The molecule has 9 rings (SSSR count). The number of benzene rings is 4. The van der Waals surface area contributed by atoms with Gasteiger partial charge in [0.2, 0.25) is 0 Å². The molecule has 4 nitrogen and oxygen atoms in total. The van der Waals surface area contributed by atoms with Crippen molar-refractivity contribution in [1.82, 2.24) is 19.9 Å². The summed E-state index contributed by atoms with van der Waals surface area (Å²) in [6, 6.07) is 60.0. The van der Waals surface area contributed by atoms with Crippen LogP contribution in [0.1, 0.15) is 45.0 Å². The van der Waals surface area contributed by atoms with E-state index in [0.29, 0.717) is 0 Å². The van der Waals surface area contributed by atoms with E-state index in [1.54, 1.807) is 0 Å². The van der Waals surface area contributed by atoms with Crippen LogP contribution in [-0.2, 0) is 17.1 Å². The fourth-order valence-electron chi connectivity index (χ4n) is 6.99. The topological polar surface area (TPSA) is 63.2 Å². The molecule has 235 valence electrons. The van der Waals surface area contributed by atoms with Crippen molar-refractivity contribution in [1.29, 1.82) is 0 Å². The number of hydrogen-bond acceptors (Lipinski definition) is 0. The molecular formula is C44H32MnN4. The van der Waals surface area contributed by atoms with Crippen molar-refractivity contribution < 1.29 is 17.1 Å². The zero-order valence-corrected chi connectivity index (χ0v) is 27.7. The summed E-state index contributed by atoms with van der Waals surface area (Å²) in [4.78, 5) is 15.4. The van der Waals surface area contributed by atoms with Crippen molar-refractivity contribution in [3.8, 4) is 0 Å². The molecule has 0 saturated heterocycles. The summed E-state index contributed by atoms with van der Waals surface area (Å²) in [6.07, 6.45) is 0. The summed E-state index contributed by atoms with van der Waals surface area (Å²) in [5.74, 6) is 0. The Morgan fingerprint density at radius 2 is 0.449 bits per heavy atom. The van der Waals surface area contributed by atoms with Gasteiger partial charge in [-0.15, -0.1) is 0 Å². The second-order valence-electron chi connectivity index (χ2n) is 12.1. The molecule has 8 bridgehead atoms. The quantitative estimate of drug-likeness (QED) is 0.159. The predicted molar refractivity (Wildman–Crippen MR) is 194 cm³/mol. The van der Waals surface area contributed by atoms with Crippen molar-refractivity contribution in [2.24, 2.45) is 0 Å². The fraction of sp³-hybridized carbons (Fsp3) is 0. The first kappa shape index (κ1) is 30.3. The average Bonchev–Trinajstić information content (AvgIpc) is 3.98. The van der Waals surface area contributed by atoms with E-state index >= 15 is 0 Å². The van der Waals surface area contributed by atoms with Gasteiger partial charge in [-0.1, -0.05) is 121 Å². The molecule has 49 heavy (non-hydrogen) atoms. The molecule has 8 aromatic rings. The van der Waals surface area contributed by atoms with Gasteiger partial charge < -0.3 is 19.9 Å². The smallest absolute Gasteiger partial charge is 0.0485 e. The molecule has 4 aromatic carbocycles. The van der Waals surface area contributed by atoms with Gasteiger partial charge in [-0.3, -0.25) is 0 Å². The Kier molecular flexibility index (Phi) is 7.98. The van der Waals surface area contributed by atoms with Crippen molar-refractivity contribution in [2.75, 3.05) is 0 Å². The Hall–Kier alpha value is -6.00. The van der Waals surface area contributed by atoms with E-state index in [2.05, 4.69) is 190 Å². The average molecular weight is 672 g/mol. The van der Waals surface area contributed by atoms with Gasteiger partial charge in [-0.25, -0.2) is 0 Å². The largest absolute Gasteiger partial charge is 0.354 e. The molecule has 0 atom stereocenters. The van der Waals surface area contributed by atoms with Gasteiger partial charge in [0.05, 0.1) is 0 Å². The maximum absolute atomic E-state index is 3.84. The summed E-state index contributed by atoms with van der Waals surface area (Å²) in [6.45, 7) is 0. The predicted octanol–water partition coefficient (Wildman–Crippen LogP) is 6.30. The van der Waals surface area contributed by atoms with Gasteiger partial charge in [0.15, 0.2) is 0 Å². The molecule has 0 aliphatic carbocycles. The van der Waals surface area contributed by atoms with E-state index in [1.165, 1.54) is 0 Å². The molecule has 0 spiro atoms. The first-order valence-electron chi connectivity index (χ1n) is 16.3. The number of H-pyrrole nitrogens is 4. The molecule has 1 radical (unpaired) electrons. The van der Waals surface area contributed by atoms with Gasteiger partial charge in [-0.2, -0.15) is 0 Å². The molecule has 0 unspecified atom stereocenters. The summed E-state index contributed by atoms with van der Waals surface area (Å²) in [5.41, 5.74) is 13.1. The summed E-state index contributed by atoms with van der Waals surface area (Å²) in [5, 5.41) is 4.16. The Morgan fingerprint density at radius 3 is 0.673 bits per heavy atom. The van der Waals surface area contributed by atoms with Crippen LogP contribution in [0.4, 0.5) is 0 Å². The normalized spacial score (nSPS) is 12.6. The summed E-state index contributed by atoms with van der Waals surface area (Å²) < 4.78 is 0. The Morgan fingerprint density at radius 1 is 0.224 bits per heavy atom. The Bertz CT molecular complexity index is 2280. The molecule has 5 heteroatoms. The van der Waals surface area contributed by atoms with Gasteiger partial charge in [0, 0.05) is 83.5 Å². The number of fused-ring (bicyclic) bond motifs is 8. The first-order valence-corrected chi connectivity index (χ1v) is 16.3. The van der Waals surface area contributed by atoms with Gasteiger partial charge in [0.1, 0.15) is 0 Å². The van der Waals surface area contributed by atoms with Gasteiger partial charge in [-0.05, 0) is 70.8 Å². The minimum atomic E-state index is 0. The van der Waals surface area contributed by atoms with Crippen LogP contribution in [0.15, 0.2) is 170 Å². The van der Waals surface area contributed by atoms with E-state index < -0.39 is 0 Å². The molecule has 0 fully saturated rings. The summed E-state index contributed by atoms with van der Waals surface area (Å²) in [7, 11) is 0. The maximum Gasteiger partial charge on any atom is 0.0485 e.